The van der Waals surface area contributed by atoms with E-state index in [2.05, 4.69) is 0 Å². The van der Waals surface area contributed by atoms with E-state index < -0.39 is 0 Å². The standard InChI is InChI=1S/C20H38O7/c1-3-21-7-9-23-11-13-25-15-17-5-6-18(20-19(17)27-20)16-26-14-12-24-10-8-22-4-2/h17-20H,3-16H2,1-2H3. The largest absolute Gasteiger partial charge is 0.379 e. The van der Waals surface area contributed by atoms with E-state index in [1.54, 1.807) is 0 Å². The first-order chi connectivity index (χ1) is 13.4. The van der Waals surface area contributed by atoms with Gasteiger partial charge in [0, 0.05) is 25.0 Å². The Hall–Kier alpha value is -0.280. The lowest BCUT2D eigenvalue weighted by Crippen LogP contribution is -2.30. The Kier molecular flexibility index (Phi) is 12.5. The second kappa shape index (κ2) is 14.7. The maximum absolute atomic E-state index is 5.89. The van der Waals surface area contributed by atoms with Crippen LogP contribution in [0.3, 0.4) is 0 Å². The third kappa shape index (κ3) is 9.65. The number of rotatable bonds is 18. The lowest BCUT2D eigenvalue weighted by Gasteiger charge is -2.24. The molecule has 1 aliphatic carbocycles. The second-order valence-corrected chi connectivity index (χ2v) is 6.93. The van der Waals surface area contributed by atoms with E-state index >= 15 is 0 Å². The van der Waals surface area contributed by atoms with Gasteiger partial charge in [0.15, 0.2) is 0 Å². The summed E-state index contributed by atoms with van der Waals surface area (Å²) in [6.45, 7) is 12.0. The van der Waals surface area contributed by atoms with Crippen LogP contribution in [-0.2, 0) is 33.2 Å². The molecule has 7 heteroatoms. The van der Waals surface area contributed by atoms with E-state index in [0.717, 1.165) is 39.3 Å². The lowest BCUT2D eigenvalue weighted by atomic mass is 9.83. The highest BCUT2D eigenvalue weighted by atomic mass is 16.6. The van der Waals surface area contributed by atoms with Gasteiger partial charge in [-0.2, -0.15) is 0 Å². The SMILES string of the molecule is CCOCCOCCOCC1CCC(COCCOCCOCC)C2OC12. The first-order valence-electron chi connectivity index (χ1n) is 10.5. The molecule has 1 aliphatic heterocycles. The van der Waals surface area contributed by atoms with E-state index in [-0.39, 0.29) is 0 Å². The van der Waals surface area contributed by atoms with Crippen molar-refractivity contribution < 1.29 is 33.2 Å². The second-order valence-electron chi connectivity index (χ2n) is 6.93. The summed E-state index contributed by atoms with van der Waals surface area (Å²) in [5, 5.41) is 0. The van der Waals surface area contributed by atoms with Gasteiger partial charge in [-0.1, -0.05) is 0 Å². The van der Waals surface area contributed by atoms with E-state index in [0.29, 0.717) is 76.9 Å². The van der Waals surface area contributed by atoms with Gasteiger partial charge in [0.05, 0.1) is 78.3 Å². The van der Waals surface area contributed by atoms with Crippen LogP contribution in [-0.4, -0.2) is 91.5 Å². The summed E-state index contributed by atoms with van der Waals surface area (Å²) in [5.41, 5.74) is 0. The predicted octanol–water partition coefficient (Wildman–Crippen LogP) is 1.92. The van der Waals surface area contributed by atoms with Crippen LogP contribution in [0.1, 0.15) is 26.7 Å². The van der Waals surface area contributed by atoms with Crippen LogP contribution in [0.25, 0.3) is 0 Å². The Balaban J connectivity index is 1.40. The summed E-state index contributed by atoms with van der Waals surface area (Å²) in [4.78, 5) is 0. The minimum atomic E-state index is 0.355. The van der Waals surface area contributed by atoms with Crippen LogP contribution in [0.2, 0.25) is 0 Å². The molecular weight excluding hydrogens is 352 g/mol. The number of ether oxygens (including phenoxy) is 7. The Morgan fingerprint density at radius 2 is 0.926 bits per heavy atom. The van der Waals surface area contributed by atoms with Crippen molar-refractivity contribution in [3.05, 3.63) is 0 Å². The van der Waals surface area contributed by atoms with Crippen LogP contribution < -0.4 is 0 Å². The third-order valence-electron chi connectivity index (χ3n) is 4.96. The van der Waals surface area contributed by atoms with E-state index in [1.165, 1.54) is 0 Å². The first kappa shape index (κ1) is 23.0. The molecule has 7 nitrogen and oxygen atoms in total. The smallest absolute Gasteiger partial charge is 0.0895 e. The maximum Gasteiger partial charge on any atom is 0.0895 e. The van der Waals surface area contributed by atoms with Crippen molar-refractivity contribution in [1.29, 1.82) is 0 Å². The summed E-state index contributed by atoms with van der Waals surface area (Å²) < 4.78 is 38.8. The highest BCUT2D eigenvalue weighted by molar-refractivity contribution is 4.99. The molecule has 0 aromatic heterocycles. The van der Waals surface area contributed by atoms with Crippen molar-refractivity contribution >= 4 is 0 Å². The number of hydrogen-bond donors (Lipinski definition) is 0. The van der Waals surface area contributed by atoms with E-state index in [1.807, 2.05) is 13.8 Å². The average Bonchev–Trinajstić information content (AvgIpc) is 3.48. The van der Waals surface area contributed by atoms with Gasteiger partial charge in [-0.3, -0.25) is 0 Å². The van der Waals surface area contributed by atoms with Crippen molar-refractivity contribution in [2.45, 2.75) is 38.9 Å². The highest BCUT2D eigenvalue weighted by Crippen LogP contribution is 2.44. The summed E-state index contributed by atoms with van der Waals surface area (Å²) in [6.07, 6.45) is 3.00. The zero-order valence-electron chi connectivity index (χ0n) is 17.1. The zero-order valence-corrected chi connectivity index (χ0v) is 17.1. The summed E-state index contributed by atoms with van der Waals surface area (Å²) >= 11 is 0. The third-order valence-corrected chi connectivity index (χ3v) is 4.96. The molecule has 160 valence electrons. The van der Waals surface area contributed by atoms with E-state index in [4.69, 9.17) is 33.2 Å². The van der Waals surface area contributed by atoms with Crippen molar-refractivity contribution in [2.75, 3.05) is 79.3 Å². The fourth-order valence-corrected chi connectivity index (χ4v) is 3.44. The predicted molar refractivity (Wildman–Crippen MR) is 101 cm³/mol. The van der Waals surface area contributed by atoms with Gasteiger partial charge in [-0.25, -0.2) is 0 Å². The van der Waals surface area contributed by atoms with Crippen molar-refractivity contribution in [1.82, 2.24) is 0 Å². The Morgan fingerprint density at radius 3 is 1.33 bits per heavy atom. The molecule has 0 aromatic rings. The van der Waals surface area contributed by atoms with Gasteiger partial charge in [0.25, 0.3) is 0 Å². The van der Waals surface area contributed by atoms with Crippen molar-refractivity contribution in [2.24, 2.45) is 11.8 Å². The molecule has 1 saturated carbocycles. The summed E-state index contributed by atoms with van der Waals surface area (Å²) in [5.74, 6) is 1.02. The number of fused-ring (bicyclic) bond motifs is 1. The van der Waals surface area contributed by atoms with Crippen LogP contribution in [0.4, 0.5) is 0 Å². The Labute approximate surface area is 163 Å². The zero-order chi connectivity index (χ0) is 19.2. The molecule has 0 bridgehead atoms. The van der Waals surface area contributed by atoms with Crippen molar-refractivity contribution in [3.63, 3.8) is 0 Å². The molecule has 0 amide bonds. The first-order valence-corrected chi connectivity index (χ1v) is 10.5. The molecule has 4 atom stereocenters. The van der Waals surface area contributed by atoms with Crippen LogP contribution in [0.15, 0.2) is 0 Å². The van der Waals surface area contributed by atoms with Gasteiger partial charge in [-0.15, -0.1) is 0 Å². The van der Waals surface area contributed by atoms with Crippen LogP contribution >= 0.6 is 0 Å². The lowest BCUT2D eigenvalue weighted by molar-refractivity contribution is -0.00113. The van der Waals surface area contributed by atoms with Gasteiger partial charge in [0.2, 0.25) is 0 Å². The topological polar surface area (TPSA) is 67.9 Å². The van der Waals surface area contributed by atoms with Gasteiger partial charge < -0.3 is 33.2 Å². The minimum Gasteiger partial charge on any atom is -0.379 e. The average molecular weight is 391 g/mol. The molecule has 2 aliphatic rings. The highest BCUT2D eigenvalue weighted by Gasteiger charge is 2.52. The fraction of sp³-hybridized carbons (Fsp3) is 1.00. The molecule has 0 N–H and O–H groups in total. The molecule has 0 spiro atoms. The molecule has 1 heterocycles. The molecule has 0 radical (unpaired) electrons. The van der Waals surface area contributed by atoms with Gasteiger partial charge in [-0.05, 0) is 26.7 Å². The monoisotopic (exact) mass is 390 g/mol. The Bertz CT molecular complexity index is 323. The fourth-order valence-electron chi connectivity index (χ4n) is 3.44. The molecule has 0 aromatic carbocycles. The molecule has 27 heavy (non-hydrogen) atoms. The van der Waals surface area contributed by atoms with Crippen LogP contribution in [0.5, 0.6) is 0 Å². The number of epoxide rings is 1. The normalized spacial score (nSPS) is 26.9. The van der Waals surface area contributed by atoms with Gasteiger partial charge >= 0.3 is 0 Å². The van der Waals surface area contributed by atoms with Gasteiger partial charge in [0.1, 0.15) is 0 Å². The van der Waals surface area contributed by atoms with Crippen molar-refractivity contribution in [3.8, 4) is 0 Å². The van der Waals surface area contributed by atoms with E-state index in [9.17, 15) is 0 Å². The Morgan fingerprint density at radius 1 is 0.556 bits per heavy atom. The molecule has 2 rings (SSSR count). The summed E-state index contributed by atoms with van der Waals surface area (Å²) in [6, 6.07) is 0. The molecule has 1 saturated heterocycles. The quantitative estimate of drug-likeness (QED) is 0.262. The molecule has 2 fully saturated rings. The molecular formula is C20H38O7. The molecule has 4 unspecified atom stereocenters. The maximum atomic E-state index is 5.89. The minimum absolute atomic E-state index is 0.355. The summed E-state index contributed by atoms with van der Waals surface area (Å²) in [7, 11) is 0. The number of hydrogen-bond acceptors (Lipinski definition) is 7. The van der Waals surface area contributed by atoms with Crippen LogP contribution in [0, 0.1) is 11.8 Å².